The Kier molecular flexibility index (Phi) is 4.22. The lowest BCUT2D eigenvalue weighted by Gasteiger charge is -2.28. The minimum atomic E-state index is -0.205. The molecule has 0 aliphatic heterocycles. The summed E-state index contributed by atoms with van der Waals surface area (Å²) in [7, 11) is 0. The van der Waals surface area contributed by atoms with E-state index in [0.29, 0.717) is 0 Å². The van der Waals surface area contributed by atoms with Crippen molar-refractivity contribution in [3.63, 3.8) is 0 Å². The number of aromatic amines is 1. The standard InChI is InChI=1S/C21H26N2O/c1-13-7-9-16(10-8-13)19-17-11-12-22-20(17)23-14(2)18(19)15(3)24-21(4,5)6/h7-12,15H,1-6H3,(H,22,23). The summed E-state index contributed by atoms with van der Waals surface area (Å²) < 4.78 is 6.27. The molecular formula is C21H26N2O. The van der Waals surface area contributed by atoms with Gasteiger partial charge in [-0.1, -0.05) is 29.8 Å². The van der Waals surface area contributed by atoms with Gasteiger partial charge in [0.2, 0.25) is 0 Å². The molecule has 0 amide bonds. The second-order valence-corrected chi connectivity index (χ2v) is 7.46. The molecule has 1 aromatic carbocycles. The molecule has 0 aliphatic rings. The van der Waals surface area contributed by atoms with E-state index in [1.807, 2.05) is 6.20 Å². The lowest BCUT2D eigenvalue weighted by Crippen LogP contribution is -2.22. The molecule has 0 fully saturated rings. The molecule has 1 N–H and O–H groups in total. The minimum absolute atomic E-state index is 0.0342. The minimum Gasteiger partial charge on any atom is -0.368 e. The zero-order chi connectivity index (χ0) is 17.5. The Hall–Kier alpha value is -2.13. The number of nitrogens with one attached hydrogen (secondary N) is 1. The van der Waals surface area contributed by atoms with Gasteiger partial charge < -0.3 is 9.72 Å². The Morgan fingerprint density at radius 1 is 1.04 bits per heavy atom. The molecule has 0 saturated carbocycles. The number of benzene rings is 1. The molecule has 0 aliphatic carbocycles. The zero-order valence-electron chi connectivity index (χ0n) is 15.4. The average Bonchev–Trinajstić information content (AvgIpc) is 2.92. The number of aromatic nitrogens is 2. The van der Waals surface area contributed by atoms with Crippen LogP contribution in [0, 0.1) is 13.8 Å². The molecule has 2 aromatic heterocycles. The van der Waals surface area contributed by atoms with Crippen LogP contribution in [0.2, 0.25) is 0 Å². The molecule has 1 atom stereocenters. The van der Waals surface area contributed by atoms with Crippen LogP contribution >= 0.6 is 0 Å². The van der Waals surface area contributed by atoms with Crippen molar-refractivity contribution in [3.8, 4) is 11.1 Å². The van der Waals surface area contributed by atoms with Gasteiger partial charge in [0.25, 0.3) is 0 Å². The number of pyridine rings is 1. The Labute approximate surface area is 144 Å². The third kappa shape index (κ3) is 3.22. The summed E-state index contributed by atoms with van der Waals surface area (Å²) in [6, 6.07) is 10.8. The first-order chi connectivity index (χ1) is 11.3. The van der Waals surface area contributed by atoms with Crippen LogP contribution in [-0.4, -0.2) is 15.6 Å². The highest BCUT2D eigenvalue weighted by Crippen LogP contribution is 2.38. The number of nitrogens with zero attached hydrogens (tertiary/aromatic N) is 1. The lowest BCUT2D eigenvalue weighted by atomic mass is 9.92. The summed E-state index contributed by atoms with van der Waals surface area (Å²) in [5.74, 6) is 0. The van der Waals surface area contributed by atoms with E-state index < -0.39 is 0 Å². The van der Waals surface area contributed by atoms with Crippen LogP contribution in [0.15, 0.2) is 36.5 Å². The predicted octanol–water partition coefficient (Wildman–Crippen LogP) is 5.72. The third-order valence-electron chi connectivity index (χ3n) is 4.21. The van der Waals surface area contributed by atoms with Crippen molar-refractivity contribution in [2.75, 3.05) is 0 Å². The third-order valence-corrected chi connectivity index (χ3v) is 4.21. The number of rotatable bonds is 3. The van der Waals surface area contributed by atoms with Crippen molar-refractivity contribution in [2.24, 2.45) is 0 Å². The second kappa shape index (κ2) is 6.06. The fraction of sp³-hybridized carbons (Fsp3) is 0.381. The Morgan fingerprint density at radius 2 is 1.71 bits per heavy atom. The van der Waals surface area contributed by atoms with Crippen LogP contribution in [0.25, 0.3) is 22.2 Å². The summed E-state index contributed by atoms with van der Waals surface area (Å²) in [6.45, 7) is 12.6. The summed E-state index contributed by atoms with van der Waals surface area (Å²) >= 11 is 0. The van der Waals surface area contributed by atoms with Crippen molar-refractivity contribution in [2.45, 2.75) is 53.2 Å². The van der Waals surface area contributed by atoms with Crippen molar-refractivity contribution >= 4 is 11.0 Å². The highest BCUT2D eigenvalue weighted by molar-refractivity contribution is 5.95. The van der Waals surface area contributed by atoms with Crippen LogP contribution in [0.3, 0.4) is 0 Å². The highest BCUT2D eigenvalue weighted by atomic mass is 16.5. The summed E-state index contributed by atoms with van der Waals surface area (Å²) in [4.78, 5) is 8.00. The summed E-state index contributed by atoms with van der Waals surface area (Å²) in [5.41, 5.74) is 6.58. The van der Waals surface area contributed by atoms with Crippen LogP contribution in [0.1, 0.15) is 50.6 Å². The molecule has 24 heavy (non-hydrogen) atoms. The predicted molar refractivity (Wildman–Crippen MR) is 100 cm³/mol. The first-order valence-electron chi connectivity index (χ1n) is 8.49. The number of hydrogen-bond donors (Lipinski definition) is 1. The maximum absolute atomic E-state index is 6.27. The molecule has 3 aromatic rings. The molecule has 0 radical (unpaired) electrons. The Morgan fingerprint density at radius 3 is 2.33 bits per heavy atom. The van der Waals surface area contributed by atoms with Crippen molar-refractivity contribution in [1.29, 1.82) is 0 Å². The molecule has 3 rings (SSSR count). The molecule has 3 heteroatoms. The van der Waals surface area contributed by atoms with Crippen LogP contribution in [-0.2, 0) is 4.74 Å². The van der Waals surface area contributed by atoms with Crippen molar-refractivity contribution in [3.05, 3.63) is 53.3 Å². The van der Waals surface area contributed by atoms with E-state index in [2.05, 4.69) is 76.9 Å². The smallest absolute Gasteiger partial charge is 0.138 e. The van der Waals surface area contributed by atoms with E-state index in [0.717, 1.165) is 16.7 Å². The normalized spacial score (nSPS) is 13.4. The van der Waals surface area contributed by atoms with E-state index in [1.54, 1.807) is 0 Å². The average molecular weight is 322 g/mol. The molecular weight excluding hydrogens is 296 g/mol. The lowest BCUT2D eigenvalue weighted by molar-refractivity contribution is -0.0530. The van der Waals surface area contributed by atoms with Gasteiger partial charge in [0.1, 0.15) is 5.65 Å². The molecule has 0 bridgehead atoms. The van der Waals surface area contributed by atoms with Gasteiger partial charge >= 0.3 is 0 Å². The Balaban J connectivity index is 2.25. The topological polar surface area (TPSA) is 37.9 Å². The molecule has 1 unspecified atom stereocenters. The van der Waals surface area contributed by atoms with Gasteiger partial charge in [-0.15, -0.1) is 0 Å². The number of ether oxygens (including phenoxy) is 1. The van der Waals surface area contributed by atoms with E-state index in [1.165, 1.54) is 22.3 Å². The van der Waals surface area contributed by atoms with E-state index >= 15 is 0 Å². The molecule has 0 spiro atoms. The SMILES string of the molecule is Cc1ccc(-c2c(C(C)OC(C)(C)C)c(C)nc3[nH]ccc23)cc1. The van der Waals surface area contributed by atoms with Crippen molar-refractivity contribution in [1.82, 2.24) is 9.97 Å². The van der Waals surface area contributed by atoms with Gasteiger partial charge in [0.15, 0.2) is 0 Å². The first-order valence-corrected chi connectivity index (χ1v) is 8.49. The van der Waals surface area contributed by atoms with Gasteiger partial charge in [0.05, 0.1) is 11.7 Å². The van der Waals surface area contributed by atoms with Gasteiger partial charge in [-0.3, -0.25) is 0 Å². The van der Waals surface area contributed by atoms with Gasteiger partial charge in [-0.05, 0) is 53.2 Å². The number of aryl methyl sites for hydroxylation is 2. The zero-order valence-corrected chi connectivity index (χ0v) is 15.4. The van der Waals surface area contributed by atoms with Gasteiger partial charge in [-0.25, -0.2) is 4.98 Å². The van der Waals surface area contributed by atoms with Gasteiger partial charge in [0, 0.05) is 28.4 Å². The Bertz CT molecular complexity index is 854. The van der Waals surface area contributed by atoms with Crippen LogP contribution < -0.4 is 0 Å². The molecule has 0 saturated heterocycles. The fourth-order valence-electron chi connectivity index (χ4n) is 3.33. The largest absolute Gasteiger partial charge is 0.368 e. The highest BCUT2D eigenvalue weighted by Gasteiger charge is 2.24. The number of fused-ring (bicyclic) bond motifs is 1. The summed E-state index contributed by atoms with van der Waals surface area (Å²) in [5, 5.41) is 1.14. The van der Waals surface area contributed by atoms with Crippen molar-refractivity contribution < 1.29 is 4.74 Å². The summed E-state index contributed by atoms with van der Waals surface area (Å²) in [6.07, 6.45) is 1.92. The van der Waals surface area contributed by atoms with E-state index in [9.17, 15) is 0 Å². The van der Waals surface area contributed by atoms with Gasteiger partial charge in [-0.2, -0.15) is 0 Å². The quantitative estimate of drug-likeness (QED) is 0.669. The maximum Gasteiger partial charge on any atom is 0.138 e. The first kappa shape index (κ1) is 16.7. The number of hydrogen-bond acceptors (Lipinski definition) is 2. The maximum atomic E-state index is 6.27. The van der Waals surface area contributed by atoms with Crippen LogP contribution in [0.4, 0.5) is 0 Å². The van der Waals surface area contributed by atoms with E-state index in [-0.39, 0.29) is 11.7 Å². The number of H-pyrrole nitrogens is 1. The molecule has 3 nitrogen and oxygen atoms in total. The molecule has 2 heterocycles. The molecule has 126 valence electrons. The van der Waals surface area contributed by atoms with Crippen LogP contribution in [0.5, 0.6) is 0 Å². The van der Waals surface area contributed by atoms with E-state index in [4.69, 9.17) is 9.72 Å². The fourth-order valence-corrected chi connectivity index (χ4v) is 3.33. The monoisotopic (exact) mass is 322 g/mol. The second-order valence-electron chi connectivity index (χ2n) is 7.46.